The van der Waals surface area contributed by atoms with E-state index >= 15 is 0 Å². The van der Waals surface area contributed by atoms with Crippen molar-refractivity contribution in [3.8, 4) is 11.4 Å². The molecule has 0 unspecified atom stereocenters. The second kappa shape index (κ2) is 6.19. The van der Waals surface area contributed by atoms with Crippen LogP contribution in [0.5, 0.6) is 0 Å². The maximum absolute atomic E-state index is 14.2. The molecule has 24 heavy (non-hydrogen) atoms. The predicted octanol–water partition coefficient (Wildman–Crippen LogP) is 4.67. The summed E-state index contributed by atoms with van der Waals surface area (Å²) < 4.78 is 14.2. The van der Waals surface area contributed by atoms with Gasteiger partial charge >= 0.3 is 0 Å². The van der Waals surface area contributed by atoms with Crippen LogP contribution in [-0.4, -0.2) is 23.1 Å². The smallest absolute Gasteiger partial charge is 0.165 e. The van der Waals surface area contributed by atoms with Crippen LogP contribution in [0.15, 0.2) is 48.5 Å². The molecule has 0 atom stereocenters. The third kappa shape index (κ3) is 2.73. The van der Waals surface area contributed by atoms with Crippen LogP contribution >= 0.6 is 0 Å². The molecule has 1 aromatic heterocycles. The molecule has 1 aliphatic heterocycles. The van der Waals surface area contributed by atoms with Crippen LogP contribution in [0, 0.1) is 11.7 Å². The van der Waals surface area contributed by atoms with E-state index < -0.39 is 0 Å². The van der Waals surface area contributed by atoms with Crippen LogP contribution in [0.3, 0.4) is 0 Å². The first kappa shape index (κ1) is 15.1. The zero-order chi connectivity index (χ0) is 16.5. The predicted molar refractivity (Wildman–Crippen MR) is 95.5 cm³/mol. The molecule has 3 aromatic rings. The molecule has 2 aromatic carbocycles. The van der Waals surface area contributed by atoms with Crippen LogP contribution in [0.2, 0.25) is 0 Å². The third-order valence-electron chi connectivity index (χ3n) is 4.78. The Bertz CT molecular complexity index is 870. The molecule has 1 saturated heterocycles. The molecular weight excluding hydrogens is 301 g/mol. The molecule has 0 spiro atoms. The molecule has 0 radical (unpaired) electrons. The Kier molecular flexibility index (Phi) is 3.89. The number of anilines is 1. The number of aromatic nitrogens is 2. The highest BCUT2D eigenvalue weighted by molar-refractivity contribution is 5.91. The molecule has 1 fully saturated rings. The molecule has 0 N–H and O–H groups in total. The molecule has 3 nitrogen and oxygen atoms in total. The van der Waals surface area contributed by atoms with E-state index in [1.807, 2.05) is 30.3 Å². The largest absolute Gasteiger partial charge is 0.356 e. The first-order chi connectivity index (χ1) is 11.7. The average molecular weight is 321 g/mol. The van der Waals surface area contributed by atoms with Gasteiger partial charge in [-0.1, -0.05) is 31.2 Å². The molecule has 0 bridgehead atoms. The summed E-state index contributed by atoms with van der Waals surface area (Å²) in [6.45, 7) is 4.26. The fraction of sp³-hybridized carbons (Fsp3) is 0.300. The molecular formula is C20H20FN3. The zero-order valence-corrected chi connectivity index (χ0v) is 13.7. The number of nitrogens with zero attached hydrogens (tertiary/aromatic N) is 3. The van der Waals surface area contributed by atoms with Crippen LogP contribution in [0.25, 0.3) is 22.3 Å². The van der Waals surface area contributed by atoms with Crippen molar-refractivity contribution in [1.29, 1.82) is 0 Å². The molecule has 0 saturated carbocycles. The maximum Gasteiger partial charge on any atom is 0.165 e. The van der Waals surface area contributed by atoms with E-state index in [-0.39, 0.29) is 5.82 Å². The molecule has 1 aliphatic rings. The monoisotopic (exact) mass is 321 g/mol. The minimum absolute atomic E-state index is 0.286. The number of rotatable bonds is 2. The number of para-hydroxylation sites is 1. The van der Waals surface area contributed by atoms with Gasteiger partial charge in [-0.15, -0.1) is 0 Å². The third-order valence-corrected chi connectivity index (χ3v) is 4.78. The van der Waals surface area contributed by atoms with Crippen LogP contribution < -0.4 is 4.90 Å². The standard InChI is InChI=1S/C20H20FN3/c1-14-10-12-24(13-11-14)20-16-7-3-5-9-18(16)22-19(23-20)15-6-2-4-8-17(15)21/h2-9,14H,10-13H2,1H3. The van der Waals surface area contributed by atoms with Crippen LogP contribution in [0.1, 0.15) is 19.8 Å². The lowest BCUT2D eigenvalue weighted by Crippen LogP contribution is -2.33. The molecule has 122 valence electrons. The van der Waals surface area contributed by atoms with Gasteiger partial charge in [0.2, 0.25) is 0 Å². The average Bonchev–Trinajstić information content (AvgIpc) is 2.62. The van der Waals surface area contributed by atoms with Gasteiger partial charge in [0.25, 0.3) is 0 Å². The Morgan fingerprint density at radius 3 is 2.46 bits per heavy atom. The van der Waals surface area contributed by atoms with Gasteiger partial charge in [-0.2, -0.15) is 0 Å². The van der Waals surface area contributed by atoms with E-state index in [1.54, 1.807) is 12.1 Å². The number of hydrogen-bond acceptors (Lipinski definition) is 3. The van der Waals surface area contributed by atoms with Crippen molar-refractivity contribution in [2.45, 2.75) is 19.8 Å². The number of hydrogen-bond donors (Lipinski definition) is 0. The summed E-state index contributed by atoms with van der Waals surface area (Å²) in [6, 6.07) is 14.7. The van der Waals surface area contributed by atoms with Crippen LogP contribution in [0.4, 0.5) is 10.2 Å². The lowest BCUT2D eigenvalue weighted by molar-refractivity contribution is 0.437. The Hall–Kier alpha value is -2.49. The van der Waals surface area contributed by atoms with E-state index in [2.05, 4.69) is 16.8 Å². The summed E-state index contributed by atoms with van der Waals surface area (Å²) in [7, 11) is 0. The number of piperidine rings is 1. The minimum Gasteiger partial charge on any atom is -0.356 e. The summed E-state index contributed by atoms with van der Waals surface area (Å²) in [4.78, 5) is 11.7. The van der Waals surface area contributed by atoms with E-state index in [0.717, 1.165) is 48.6 Å². The van der Waals surface area contributed by atoms with Crippen molar-refractivity contribution in [2.75, 3.05) is 18.0 Å². The molecule has 0 aliphatic carbocycles. The van der Waals surface area contributed by atoms with Crippen LogP contribution in [-0.2, 0) is 0 Å². The summed E-state index contributed by atoms with van der Waals surface area (Å²) >= 11 is 0. The quantitative estimate of drug-likeness (QED) is 0.686. The van der Waals surface area contributed by atoms with Gasteiger partial charge in [-0.3, -0.25) is 0 Å². The normalized spacial score (nSPS) is 15.8. The minimum atomic E-state index is -0.286. The number of halogens is 1. The molecule has 2 heterocycles. The van der Waals surface area contributed by atoms with Gasteiger partial charge < -0.3 is 4.90 Å². The summed E-state index contributed by atoms with van der Waals surface area (Å²) in [5.41, 5.74) is 1.31. The highest BCUT2D eigenvalue weighted by Crippen LogP contribution is 2.30. The molecule has 4 rings (SSSR count). The SMILES string of the molecule is CC1CCN(c2nc(-c3ccccc3F)nc3ccccc23)CC1. The second-order valence-electron chi connectivity index (χ2n) is 6.54. The fourth-order valence-electron chi connectivity index (χ4n) is 3.28. The van der Waals surface area contributed by atoms with E-state index in [0.29, 0.717) is 11.4 Å². The molecule has 4 heteroatoms. The second-order valence-corrected chi connectivity index (χ2v) is 6.54. The van der Waals surface area contributed by atoms with Crippen molar-refractivity contribution < 1.29 is 4.39 Å². The zero-order valence-electron chi connectivity index (χ0n) is 13.7. The van der Waals surface area contributed by atoms with Gasteiger partial charge in [0.1, 0.15) is 11.6 Å². The van der Waals surface area contributed by atoms with E-state index in [4.69, 9.17) is 4.98 Å². The maximum atomic E-state index is 14.2. The lowest BCUT2D eigenvalue weighted by Gasteiger charge is -2.32. The van der Waals surface area contributed by atoms with Crippen molar-refractivity contribution >= 4 is 16.7 Å². The van der Waals surface area contributed by atoms with Gasteiger partial charge in [0.15, 0.2) is 5.82 Å². The number of fused-ring (bicyclic) bond motifs is 1. The Balaban J connectivity index is 1.87. The Morgan fingerprint density at radius 1 is 0.958 bits per heavy atom. The van der Waals surface area contributed by atoms with Crippen molar-refractivity contribution in [3.63, 3.8) is 0 Å². The summed E-state index contributed by atoms with van der Waals surface area (Å²) in [5.74, 6) is 1.84. The number of benzene rings is 2. The van der Waals surface area contributed by atoms with Crippen molar-refractivity contribution in [1.82, 2.24) is 9.97 Å². The Labute approximate surface area is 141 Å². The molecule has 0 amide bonds. The van der Waals surface area contributed by atoms with Crippen molar-refractivity contribution in [2.24, 2.45) is 5.92 Å². The highest BCUT2D eigenvalue weighted by atomic mass is 19.1. The summed E-state index contributed by atoms with van der Waals surface area (Å²) in [6.07, 6.45) is 2.32. The first-order valence-corrected chi connectivity index (χ1v) is 8.49. The lowest BCUT2D eigenvalue weighted by atomic mass is 9.99. The van der Waals surface area contributed by atoms with E-state index in [9.17, 15) is 4.39 Å². The van der Waals surface area contributed by atoms with E-state index in [1.165, 1.54) is 6.07 Å². The first-order valence-electron chi connectivity index (χ1n) is 8.49. The Morgan fingerprint density at radius 2 is 1.67 bits per heavy atom. The van der Waals surface area contributed by atoms with Gasteiger partial charge in [0, 0.05) is 18.5 Å². The highest BCUT2D eigenvalue weighted by Gasteiger charge is 2.21. The van der Waals surface area contributed by atoms with Gasteiger partial charge in [-0.05, 0) is 43.0 Å². The van der Waals surface area contributed by atoms with Gasteiger partial charge in [-0.25, -0.2) is 14.4 Å². The summed E-state index contributed by atoms with van der Waals surface area (Å²) in [5, 5.41) is 1.03. The van der Waals surface area contributed by atoms with Crippen molar-refractivity contribution in [3.05, 3.63) is 54.3 Å². The van der Waals surface area contributed by atoms with Gasteiger partial charge in [0.05, 0.1) is 11.1 Å². The topological polar surface area (TPSA) is 29.0 Å². The fourth-order valence-corrected chi connectivity index (χ4v) is 3.28.